The van der Waals surface area contributed by atoms with Gasteiger partial charge in [0.2, 0.25) is 0 Å². The largest absolute Gasteiger partial charge is 0.469 e. The molecule has 2 aliphatic rings. The van der Waals surface area contributed by atoms with E-state index in [-0.39, 0.29) is 11.9 Å². The molecule has 0 amide bonds. The van der Waals surface area contributed by atoms with Crippen LogP contribution in [0.3, 0.4) is 0 Å². The van der Waals surface area contributed by atoms with Gasteiger partial charge < -0.3 is 4.74 Å². The molecule has 0 N–H and O–H groups in total. The second-order valence-electron chi connectivity index (χ2n) is 8.05. The van der Waals surface area contributed by atoms with E-state index in [1.54, 1.807) is 0 Å². The third kappa shape index (κ3) is 4.26. The van der Waals surface area contributed by atoms with Crippen LogP contribution in [0.2, 0.25) is 5.02 Å². The first kappa shape index (κ1) is 19.5. The number of carbonyl (C=O) groups excluding carboxylic acids is 1. The summed E-state index contributed by atoms with van der Waals surface area (Å²) in [7, 11) is 1.49. The highest BCUT2D eigenvalue weighted by molar-refractivity contribution is 6.30. The maximum absolute atomic E-state index is 11.8. The van der Waals surface area contributed by atoms with E-state index in [2.05, 4.69) is 35.2 Å². The molecule has 2 aromatic rings. The molecule has 4 heteroatoms. The van der Waals surface area contributed by atoms with Crippen LogP contribution >= 0.6 is 11.6 Å². The fourth-order valence-electron chi connectivity index (χ4n) is 4.78. The van der Waals surface area contributed by atoms with Crippen LogP contribution in [0.1, 0.15) is 47.6 Å². The van der Waals surface area contributed by atoms with Crippen molar-refractivity contribution in [1.82, 2.24) is 4.90 Å². The summed E-state index contributed by atoms with van der Waals surface area (Å²) in [6.07, 6.45) is 6.23. The molecule has 3 nitrogen and oxygen atoms in total. The monoisotopic (exact) mass is 397 g/mol. The number of benzene rings is 2. The van der Waals surface area contributed by atoms with E-state index in [1.165, 1.54) is 35.8 Å². The third-order valence-electron chi connectivity index (χ3n) is 6.35. The van der Waals surface area contributed by atoms with Crippen molar-refractivity contribution < 1.29 is 9.53 Å². The van der Waals surface area contributed by atoms with Gasteiger partial charge in [-0.15, -0.1) is 0 Å². The molecule has 0 aromatic heterocycles. The van der Waals surface area contributed by atoms with Gasteiger partial charge in [-0.3, -0.25) is 9.69 Å². The van der Waals surface area contributed by atoms with E-state index in [4.69, 9.17) is 16.3 Å². The lowest BCUT2D eigenvalue weighted by atomic mass is 9.94. The molecule has 2 aromatic carbocycles. The molecule has 1 heterocycles. The van der Waals surface area contributed by atoms with Crippen molar-refractivity contribution >= 4 is 17.6 Å². The van der Waals surface area contributed by atoms with Crippen LogP contribution in [0.15, 0.2) is 42.5 Å². The first-order valence-corrected chi connectivity index (χ1v) is 10.7. The van der Waals surface area contributed by atoms with Gasteiger partial charge in [-0.1, -0.05) is 41.9 Å². The zero-order chi connectivity index (χ0) is 19.5. The summed E-state index contributed by atoms with van der Waals surface area (Å²) >= 11 is 6.10. The number of fused-ring (bicyclic) bond motifs is 1. The van der Waals surface area contributed by atoms with Gasteiger partial charge in [-0.25, -0.2) is 0 Å². The lowest BCUT2D eigenvalue weighted by Crippen LogP contribution is -2.38. The molecule has 0 spiro atoms. The highest BCUT2D eigenvalue weighted by Crippen LogP contribution is 2.38. The van der Waals surface area contributed by atoms with Gasteiger partial charge in [0.1, 0.15) is 0 Å². The van der Waals surface area contributed by atoms with E-state index >= 15 is 0 Å². The molecule has 1 atom stereocenters. The van der Waals surface area contributed by atoms with Gasteiger partial charge in [0.05, 0.1) is 13.0 Å². The number of hydrogen-bond donors (Lipinski definition) is 0. The summed E-state index contributed by atoms with van der Waals surface area (Å²) in [5.41, 5.74) is 5.69. The molecule has 1 aliphatic carbocycles. The lowest BCUT2D eigenvalue weighted by Gasteiger charge is -2.35. The Morgan fingerprint density at radius 2 is 1.82 bits per heavy atom. The minimum atomic E-state index is -0.0455. The van der Waals surface area contributed by atoms with Crippen molar-refractivity contribution in [1.29, 1.82) is 0 Å². The SMILES string of the molecule is COC(=O)C1CCN([C@@H]2CCc3cc(CCc4cccc(Cl)c4)ccc32)CC1. The number of nitrogens with zero attached hydrogens (tertiary/aromatic N) is 1. The van der Waals surface area contributed by atoms with Gasteiger partial charge >= 0.3 is 5.97 Å². The van der Waals surface area contributed by atoms with Gasteiger partial charge in [-0.2, -0.15) is 0 Å². The summed E-state index contributed by atoms with van der Waals surface area (Å²) in [4.78, 5) is 14.3. The van der Waals surface area contributed by atoms with Crippen molar-refractivity contribution in [2.24, 2.45) is 5.92 Å². The van der Waals surface area contributed by atoms with Crippen molar-refractivity contribution in [3.05, 3.63) is 69.7 Å². The zero-order valence-electron chi connectivity index (χ0n) is 16.5. The summed E-state index contributed by atoms with van der Waals surface area (Å²) in [6, 6.07) is 15.7. The number of piperidine rings is 1. The average molecular weight is 398 g/mol. The predicted octanol–water partition coefficient (Wildman–Crippen LogP) is 5.00. The van der Waals surface area contributed by atoms with Gasteiger partial charge in [0.15, 0.2) is 0 Å². The van der Waals surface area contributed by atoms with Gasteiger partial charge in [0, 0.05) is 11.1 Å². The van der Waals surface area contributed by atoms with Gasteiger partial charge in [0.25, 0.3) is 0 Å². The van der Waals surface area contributed by atoms with Gasteiger partial charge in [-0.05, 0) is 86.0 Å². The fraction of sp³-hybridized carbons (Fsp3) is 0.458. The average Bonchev–Trinajstić information content (AvgIpc) is 3.15. The smallest absolute Gasteiger partial charge is 0.308 e. The van der Waals surface area contributed by atoms with E-state index in [0.717, 1.165) is 50.2 Å². The molecule has 0 saturated carbocycles. The zero-order valence-corrected chi connectivity index (χ0v) is 17.3. The van der Waals surface area contributed by atoms with Crippen molar-refractivity contribution in [2.45, 2.75) is 44.6 Å². The van der Waals surface area contributed by atoms with Crippen molar-refractivity contribution in [2.75, 3.05) is 20.2 Å². The number of rotatable bonds is 5. The number of likely N-dealkylation sites (tertiary alicyclic amines) is 1. The van der Waals surface area contributed by atoms with Crippen molar-refractivity contribution in [3.63, 3.8) is 0 Å². The number of esters is 1. The molecular weight excluding hydrogens is 370 g/mol. The molecule has 0 bridgehead atoms. The van der Waals surface area contributed by atoms with E-state index in [9.17, 15) is 4.79 Å². The first-order valence-electron chi connectivity index (χ1n) is 10.3. The second-order valence-corrected chi connectivity index (χ2v) is 8.49. The summed E-state index contributed by atoms with van der Waals surface area (Å²) < 4.78 is 4.92. The topological polar surface area (TPSA) is 29.5 Å². The van der Waals surface area contributed by atoms with Crippen LogP contribution < -0.4 is 0 Å². The molecule has 1 saturated heterocycles. The Morgan fingerprint density at radius 3 is 2.54 bits per heavy atom. The number of carbonyl (C=O) groups is 1. The predicted molar refractivity (Wildman–Crippen MR) is 113 cm³/mol. The molecule has 0 radical (unpaired) electrons. The molecule has 0 unspecified atom stereocenters. The highest BCUT2D eigenvalue weighted by atomic mass is 35.5. The quantitative estimate of drug-likeness (QED) is 0.665. The molecule has 1 aliphatic heterocycles. The molecule has 4 rings (SSSR count). The molecule has 1 fully saturated rings. The van der Waals surface area contributed by atoms with E-state index < -0.39 is 0 Å². The Bertz CT molecular complexity index is 842. The van der Waals surface area contributed by atoms with E-state index in [0.29, 0.717) is 6.04 Å². The summed E-state index contributed by atoms with van der Waals surface area (Å²) in [5.74, 6) is 0.0341. The first-order chi connectivity index (χ1) is 13.6. The second kappa shape index (κ2) is 8.67. The third-order valence-corrected chi connectivity index (χ3v) is 6.58. The van der Waals surface area contributed by atoms with Crippen LogP contribution in [0.4, 0.5) is 0 Å². The minimum absolute atomic E-state index is 0.0455. The normalized spacial score (nSPS) is 20.1. The Balaban J connectivity index is 1.38. The molecule has 148 valence electrons. The maximum atomic E-state index is 11.8. The summed E-state index contributed by atoms with van der Waals surface area (Å²) in [6.45, 7) is 1.97. The number of aryl methyl sites for hydroxylation is 3. The van der Waals surface area contributed by atoms with Crippen LogP contribution in [0.25, 0.3) is 0 Å². The Morgan fingerprint density at radius 1 is 1.07 bits per heavy atom. The Hall–Kier alpha value is -1.84. The highest BCUT2D eigenvalue weighted by Gasteiger charge is 2.33. The van der Waals surface area contributed by atoms with E-state index in [1.807, 2.05) is 12.1 Å². The number of halogens is 1. The number of ether oxygens (including phenoxy) is 1. The minimum Gasteiger partial charge on any atom is -0.469 e. The molecule has 28 heavy (non-hydrogen) atoms. The number of methoxy groups -OCH3 is 1. The van der Waals surface area contributed by atoms with Crippen molar-refractivity contribution in [3.8, 4) is 0 Å². The van der Waals surface area contributed by atoms with Crippen LogP contribution in [-0.2, 0) is 28.8 Å². The van der Waals surface area contributed by atoms with Crippen LogP contribution in [0, 0.1) is 5.92 Å². The molecular formula is C24H28ClNO2. The number of hydrogen-bond acceptors (Lipinski definition) is 3. The summed E-state index contributed by atoms with van der Waals surface area (Å²) in [5, 5.41) is 0.810. The Labute approximate surface area is 172 Å². The van der Waals surface area contributed by atoms with Crippen LogP contribution in [-0.4, -0.2) is 31.1 Å². The maximum Gasteiger partial charge on any atom is 0.308 e. The lowest BCUT2D eigenvalue weighted by molar-refractivity contribution is -0.147. The standard InChI is InChI=1S/C24H28ClNO2/c1-28-24(27)19-11-13-26(14-12-19)23-10-8-20-15-18(7-9-22(20)23)6-5-17-3-2-4-21(25)16-17/h2-4,7,9,15-16,19,23H,5-6,8,10-14H2,1H3/t23-/m1/s1. The fourth-order valence-corrected chi connectivity index (χ4v) is 4.99. The Kier molecular flexibility index (Phi) is 6.03. The van der Waals surface area contributed by atoms with Crippen LogP contribution in [0.5, 0.6) is 0 Å².